The van der Waals surface area contributed by atoms with Gasteiger partial charge in [-0.05, 0) is 57.2 Å². The van der Waals surface area contributed by atoms with Crippen LogP contribution in [0, 0.1) is 0 Å². The zero-order valence-electron chi connectivity index (χ0n) is 11.9. The van der Waals surface area contributed by atoms with Crippen LogP contribution in [0.2, 0.25) is 0 Å². The lowest BCUT2D eigenvalue weighted by molar-refractivity contribution is 0.0662. The van der Waals surface area contributed by atoms with Crippen molar-refractivity contribution in [3.05, 3.63) is 23.5 Å². The van der Waals surface area contributed by atoms with E-state index in [1.807, 2.05) is 13.8 Å². The van der Waals surface area contributed by atoms with Crippen molar-refractivity contribution >= 4 is 0 Å². The normalized spacial score (nSPS) is 19.9. The summed E-state index contributed by atoms with van der Waals surface area (Å²) in [6, 6.07) is 0.530. The number of hydrogen-bond donors (Lipinski definition) is 2. The molecule has 0 aromatic carbocycles. The van der Waals surface area contributed by atoms with E-state index in [-0.39, 0.29) is 0 Å². The Morgan fingerprint density at radius 1 is 1.44 bits per heavy atom. The molecule has 3 heteroatoms. The van der Waals surface area contributed by atoms with Gasteiger partial charge in [0.15, 0.2) is 0 Å². The molecule has 18 heavy (non-hydrogen) atoms. The lowest BCUT2D eigenvalue weighted by Crippen LogP contribution is -2.23. The molecule has 0 saturated heterocycles. The molecular formula is C15H26N2O. The van der Waals surface area contributed by atoms with Crippen molar-refractivity contribution in [2.45, 2.75) is 64.6 Å². The van der Waals surface area contributed by atoms with Gasteiger partial charge in [0, 0.05) is 25.0 Å². The predicted octanol–water partition coefficient (Wildman–Crippen LogP) is 2.64. The van der Waals surface area contributed by atoms with E-state index in [1.165, 1.54) is 30.4 Å². The standard InChI is InChI=1S/C15H26N2O/c1-4-16-14-7-5-6-12-10-17(11-13(12)14)9-8-15(2,3)18/h10-11,14,16,18H,4-9H2,1-3H3. The van der Waals surface area contributed by atoms with E-state index in [0.717, 1.165) is 19.5 Å². The van der Waals surface area contributed by atoms with E-state index in [0.29, 0.717) is 6.04 Å². The SMILES string of the molecule is CCNC1CCCc2cn(CCC(C)(C)O)cc21. The number of hydrogen-bond acceptors (Lipinski definition) is 2. The average molecular weight is 250 g/mol. The van der Waals surface area contributed by atoms with Gasteiger partial charge in [-0.25, -0.2) is 0 Å². The number of aromatic nitrogens is 1. The molecule has 0 aliphatic heterocycles. The van der Waals surface area contributed by atoms with Crippen LogP contribution in [-0.2, 0) is 13.0 Å². The smallest absolute Gasteiger partial charge is 0.0608 e. The molecule has 1 aromatic rings. The molecule has 1 aliphatic rings. The zero-order chi connectivity index (χ0) is 13.2. The van der Waals surface area contributed by atoms with Gasteiger partial charge in [-0.2, -0.15) is 0 Å². The second kappa shape index (κ2) is 5.45. The van der Waals surface area contributed by atoms with E-state index >= 15 is 0 Å². The second-order valence-electron chi connectivity index (χ2n) is 6.04. The molecule has 0 bridgehead atoms. The molecule has 0 amide bonds. The highest BCUT2D eigenvalue weighted by molar-refractivity contribution is 5.30. The maximum absolute atomic E-state index is 9.79. The van der Waals surface area contributed by atoms with Gasteiger partial charge >= 0.3 is 0 Å². The summed E-state index contributed by atoms with van der Waals surface area (Å²) in [5.41, 5.74) is 2.38. The first-order chi connectivity index (χ1) is 8.49. The summed E-state index contributed by atoms with van der Waals surface area (Å²) in [6.45, 7) is 7.84. The van der Waals surface area contributed by atoms with Crippen LogP contribution < -0.4 is 5.32 Å². The number of aliphatic hydroxyl groups is 1. The first-order valence-electron chi connectivity index (χ1n) is 7.14. The van der Waals surface area contributed by atoms with Crippen LogP contribution in [-0.4, -0.2) is 21.8 Å². The minimum atomic E-state index is -0.578. The maximum Gasteiger partial charge on any atom is 0.0608 e. The Bertz CT molecular complexity index is 390. The highest BCUT2D eigenvalue weighted by Crippen LogP contribution is 2.30. The molecule has 1 aromatic heterocycles. The van der Waals surface area contributed by atoms with Crippen molar-refractivity contribution in [3.63, 3.8) is 0 Å². The third-order valence-electron chi connectivity index (χ3n) is 3.74. The highest BCUT2D eigenvalue weighted by atomic mass is 16.3. The third-order valence-corrected chi connectivity index (χ3v) is 3.74. The quantitative estimate of drug-likeness (QED) is 0.843. The molecule has 1 atom stereocenters. The van der Waals surface area contributed by atoms with Gasteiger partial charge in [0.1, 0.15) is 0 Å². The van der Waals surface area contributed by atoms with Gasteiger partial charge in [0.2, 0.25) is 0 Å². The fourth-order valence-electron chi connectivity index (χ4n) is 2.74. The largest absolute Gasteiger partial charge is 0.390 e. The average Bonchev–Trinajstić information content (AvgIpc) is 2.70. The van der Waals surface area contributed by atoms with E-state index < -0.39 is 5.60 Å². The molecule has 0 radical (unpaired) electrons. The molecule has 1 unspecified atom stereocenters. The Kier molecular flexibility index (Phi) is 4.13. The van der Waals surface area contributed by atoms with Gasteiger partial charge in [0.25, 0.3) is 0 Å². The molecule has 1 heterocycles. The van der Waals surface area contributed by atoms with E-state index in [9.17, 15) is 5.11 Å². The van der Waals surface area contributed by atoms with Crippen molar-refractivity contribution < 1.29 is 5.11 Å². The minimum absolute atomic E-state index is 0.530. The minimum Gasteiger partial charge on any atom is -0.390 e. The van der Waals surface area contributed by atoms with E-state index in [2.05, 4.69) is 29.2 Å². The summed E-state index contributed by atoms with van der Waals surface area (Å²) in [5, 5.41) is 13.4. The van der Waals surface area contributed by atoms with Crippen LogP contribution in [0.5, 0.6) is 0 Å². The molecular weight excluding hydrogens is 224 g/mol. The van der Waals surface area contributed by atoms with E-state index in [1.54, 1.807) is 0 Å². The van der Waals surface area contributed by atoms with Crippen molar-refractivity contribution in [1.82, 2.24) is 9.88 Å². The number of aryl methyl sites for hydroxylation is 2. The van der Waals surface area contributed by atoms with Gasteiger partial charge in [0.05, 0.1) is 5.60 Å². The highest BCUT2D eigenvalue weighted by Gasteiger charge is 2.21. The molecule has 1 aliphatic carbocycles. The molecule has 2 N–H and O–H groups in total. The summed E-state index contributed by atoms with van der Waals surface area (Å²) < 4.78 is 2.25. The number of fused-ring (bicyclic) bond motifs is 1. The fourth-order valence-corrected chi connectivity index (χ4v) is 2.74. The zero-order valence-corrected chi connectivity index (χ0v) is 11.9. The van der Waals surface area contributed by atoms with Crippen molar-refractivity contribution in [1.29, 1.82) is 0 Å². The molecule has 0 saturated carbocycles. The van der Waals surface area contributed by atoms with Gasteiger partial charge in [-0.1, -0.05) is 6.92 Å². The summed E-state index contributed by atoms with van der Waals surface area (Å²) >= 11 is 0. The molecule has 2 rings (SSSR count). The Morgan fingerprint density at radius 3 is 2.89 bits per heavy atom. The van der Waals surface area contributed by atoms with Gasteiger partial charge in [-0.15, -0.1) is 0 Å². The fraction of sp³-hybridized carbons (Fsp3) is 0.733. The van der Waals surface area contributed by atoms with Crippen LogP contribution in [0.25, 0.3) is 0 Å². The lowest BCUT2D eigenvalue weighted by atomic mass is 9.91. The first-order valence-corrected chi connectivity index (χ1v) is 7.14. The van der Waals surface area contributed by atoms with Crippen molar-refractivity contribution in [2.75, 3.05) is 6.54 Å². The summed E-state index contributed by atoms with van der Waals surface area (Å²) in [7, 11) is 0. The Balaban J connectivity index is 2.07. The van der Waals surface area contributed by atoms with Crippen LogP contribution in [0.1, 0.15) is 57.2 Å². The molecule has 3 nitrogen and oxygen atoms in total. The van der Waals surface area contributed by atoms with Gasteiger partial charge < -0.3 is 15.0 Å². The monoisotopic (exact) mass is 250 g/mol. The summed E-state index contributed by atoms with van der Waals surface area (Å²) in [6.07, 6.45) is 9.06. The predicted molar refractivity (Wildman–Crippen MR) is 74.7 cm³/mol. The summed E-state index contributed by atoms with van der Waals surface area (Å²) in [5.74, 6) is 0. The van der Waals surface area contributed by atoms with Gasteiger partial charge in [-0.3, -0.25) is 0 Å². The topological polar surface area (TPSA) is 37.2 Å². The van der Waals surface area contributed by atoms with Crippen LogP contribution in [0.4, 0.5) is 0 Å². The number of nitrogens with zero attached hydrogens (tertiary/aromatic N) is 1. The molecule has 102 valence electrons. The van der Waals surface area contributed by atoms with Crippen molar-refractivity contribution in [3.8, 4) is 0 Å². The molecule has 0 spiro atoms. The maximum atomic E-state index is 9.79. The second-order valence-corrected chi connectivity index (χ2v) is 6.04. The van der Waals surface area contributed by atoms with E-state index in [4.69, 9.17) is 0 Å². The third kappa shape index (κ3) is 3.36. The Morgan fingerprint density at radius 2 is 2.22 bits per heavy atom. The van der Waals surface area contributed by atoms with Crippen LogP contribution in [0.15, 0.2) is 12.4 Å². The first kappa shape index (κ1) is 13.6. The Hall–Kier alpha value is -0.800. The number of nitrogens with one attached hydrogen (secondary N) is 1. The van der Waals surface area contributed by atoms with Crippen molar-refractivity contribution in [2.24, 2.45) is 0 Å². The Labute approximate surface area is 110 Å². The van der Waals surface area contributed by atoms with Crippen LogP contribution >= 0.6 is 0 Å². The lowest BCUT2D eigenvalue weighted by Gasteiger charge is -2.22. The summed E-state index contributed by atoms with van der Waals surface area (Å²) in [4.78, 5) is 0. The molecule has 0 fully saturated rings. The number of rotatable bonds is 5. The van der Waals surface area contributed by atoms with Crippen LogP contribution in [0.3, 0.4) is 0 Å².